The van der Waals surface area contributed by atoms with Crippen molar-refractivity contribution in [3.63, 3.8) is 0 Å². The van der Waals surface area contributed by atoms with Crippen LogP contribution in [0.3, 0.4) is 0 Å². The van der Waals surface area contributed by atoms with E-state index < -0.39 is 0 Å². The summed E-state index contributed by atoms with van der Waals surface area (Å²) < 4.78 is 0. The van der Waals surface area contributed by atoms with Crippen molar-refractivity contribution in [3.05, 3.63) is 23.2 Å². The second-order valence-corrected chi connectivity index (χ2v) is 9.00. The third-order valence-corrected chi connectivity index (χ3v) is 7.34. The van der Waals surface area contributed by atoms with Crippen LogP contribution in [0.1, 0.15) is 55.5 Å². The molecule has 1 aromatic rings. The van der Waals surface area contributed by atoms with Crippen LogP contribution in [0.5, 0.6) is 0 Å². The van der Waals surface area contributed by atoms with E-state index in [9.17, 15) is 14.4 Å². The molecule has 2 atom stereocenters. The number of hydrogen-bond donors (Lipinski definition) is 0. The number of carbonyl (C=O) groups is 3. The number of nitrogens with zero attached hydrogens (tertiary/aromatic N) is 3. The van der Waals surface area contributed by atoms with Gasteiger partial charge in [-0.1, -0.05) is 18.9 Å². The molecule has 2 aliphatic carbocycles. The van der Waals surface area contributed by atoms with Crippen LogP contribution in [0.2, 0.25) is 0 Å². The first-order valence-electron chi connectivity index (χ1n) is 10.3. The average Bonchev–Trinajstić information content (AvgIpc) is 3.24. The number of fused-ring (bicyclic) bond motifs is 2. The number of aromatic nitrogens is 1. The van der Waals surface area contributed by atoms with Gasteiger partial charge in [0.1, 0.15) is 0 Å². The molecule has 2 fully saturated rings. The molecule has 7 heteroatoms. The van der Waals surface area contributed by atoms with E-state index in [1.807, 2.05) is 0 Å². The first-order valence-corrected chi connectivity index (χ1v) is 11.2. The van der Waals surface area contributed by atoms with E-state index in [-0.39, 0.29) is 42.5 Å². The SMILES string of the molecule is C=CCN(C(=O)CCN1C(=O)[C@@H]2CCCC[C@H]2C1=O)c1nc2c(s1)CCCC2. The van der Waals surface area contributed by atoms with E-state index in [0.717, 1.165) is 50.6 Å². The van der Waals surface area contributed by atoms with Gasteiger partial charge in [-0.05, 0) is 38.5 Å². The van der Waals surface area contributed by atoms with Gasteiger partial charge in [-0.15, -0.1) is 17.9 Å². The molecule has 1 saturated carbocycles. The molecule has 1 aromatic heterocycles. The summed E-state index contributed by atoms with van der Waals surface area (Å²) in [4.78, 5) is 47.1. The number of aryl methyl sites for hydroxylation is 2. The van der Waals surface area contributed by atoms with Crippen molar-refractivity contribution in [2.75, 3.05) is 18.0 Å². The summed E-state index contributed by atoms with van der Waals surface area (Å²) in [5.41, 5.74) is 1.11. The van der Waals surface area contributed by atoms with Crippen molar-refractivity contribution in [2.24, 2.45) is 11.8 Å². The number of rotatable bonds is 6. The van der Waals surface area contributed by atoms with Crippen molar-refractivity contribution < 1.29 is 14.4 Å². The van der Waals surface area contributed by atoms with Gasteiger partial charge in [-0.3, -0.25) is 24.2 Å². The van der Waals surface area contributed by atoms with Crippen molar-refractivity contribution >= 4 is 34.2 Å². The van der Waals surface area contributed by atoms with Gasteiger partial charge in [0.2, 0.25) is 17.7 Å². The van der Waals surface area contributed by atoms with Gasteiger partial charge in [-0.2, -0.15) is 0 Å². The Morgan fingerprint density at radius 2 is 1.82 bits per heavy atom. The molecule has 0 unspecified atom stereocenters. The van der Waals surface area contributed by atoms with E-state index in [2.05, 4.69) is 11.6 Å². The summed E-state index contributed by atoms with van der Waals surface area (Å²) in [5, 5.41) is 0.713. The first kappa shape index (κ1) is 19.3. The fourth-order valence-electron chi connectivity index (χ4n) is 4.66. The fourth-order valence-corrected chi connectivity index (χ4v) is 5.84. The summed E-state index contributed by atoms with van der Waals surface area (Å²) in [6.07, 6.45) is 9.76. The van der Waals surface area contributed by atoms with E-state index in [1.165, 1.54) is 16.2 Å². The molecule has 150 valence electrons. The lowest BCUT2D eigenvalue weighted by molar-refractivity contribution is -0.140. The Bertz CT molecular complexity index is 755. The molecule has 0 radical (unpaired) electrons. The van der Waals surface area contributed by atoms with Crippen LogP contribution < -0.4 is 4.90 Å². The summed E-state index contributed by atoms with van der Waals surface area (Å²) in [6, 6.07) is 0. The number of carbonyl (C=O) groups excluding carboxylic acids is 3. The molecule has 0 bridgehead atoms. The molecule has 2 heterocycles. The Kier molecular flexibility index (Phi) is 5.62. The van der Waals surface area contributed by atoms with E-state index in [1.54, 1.807) is 22.3 Å². The van der Waals surface area contributed by atoms with Crippen LogP contribution in [-0.4, -0.2) is 40.7 Å². The maximum Gasteiger partial charge on any atom is 0.233 e. The number of anilines is 1. The quantitative estimate of drug-likeness (QED) is 0.542. The Morgan fingerprint density at radius 1 is 1.14 bits per heavy atom. The molecule has 1 saturated heterocycles. The summed E-state index contributed by atoms with van der Waals surface area (Å²) in [5.74, 6) is -0.593. The largest absolute Gasteiger partial charge is 0.284 e. The number of hydrogen-bond acceptors (Lipinski definition) is 5. The molecular weight excluding hydrogens is 374 g/mol. The Labute approximate surface area is 169 Å². The average molecular weight is 402 g/mol. The molecular formula is C21H27N3O3S. The Morgan fingerprint density at radius 3 is 2.46 bits per heavy atom. The molecule has 6 nitrogen and oxygen atoms in total. The molecule has 0 aromatic carbocycles. The van der Waals surface area contributed by atoms with Gasteiger partial charge >= 0.3 is 0 Å². The van der Waals surface area contributed by atoms with E-state index in [4.69, 9.17) is 0 Å². The number of imide groups is 1. The van der Waals surface area contributed by atoms with E-state index >= 15 is 0 Å². The van der Waals surface area contributed by atoms with Gasteiger partial charge in [0, 0.05) is 24.4 Å². The second kappa shape index (κ2) is 8.15. The number of thiazole rings is 1. The normalized spacial score (nSPS) is 24.1. The first-order chi connectivity index (χ1) is 13.6. The lowest BCUT2D eigenvalue weighted by Crippen LogP contribution is -2.37. The highest BCUT2D eigenvalue weighted by Gasteiger charge is 2.47. The molecule has 4 rings (SSSR count). The minimum absolute atomic E-state index is 0.0810. The lowest BCUT2D eigenvalue weighted by Gasteiger charge is -2.20. The van der Waals surface area contributed by atoms with Crippen LogP contribution >= 0.6 is 11.3 Å². The van der Waals surface area contributed by atoms with Crippen LogP contribution in [0.25, 0.3) is 0 Å². The van der Waals surface area contributed by atoms with E-state index in [0.29, 0.717) is 11.7 Å². The second-order valence-electron chi connectivity index (χ2n) is 7.94. The minimum Gasteiger partial charge on any atom is -0.284 e. The third kappa shape index (κ3) is 3.52. The predicted molar refractivity (Wildman–Crippen MR) is 108 cm³/mol. The Hall–Kier alpha value is -2.02. The van der Waals surface area contributed by atoms with Gasteiger partial charge in [-0.25, -0.2) is 4.98 Å². The summed E-state index contributed by atoms with van der Waals surface area (Å²) >= 11 is 1.59. The van der Waals surface area contributed by atoms with Crippen LogP contribution in [-0.2, 0) is 27.2 Å². The summed E-state index contributed by atoms with van der Waals surface area (Å²) in [7, 11) is 0. The zero-order chi connectivity index (χ0) is 19.7. The van der Waals surface area contributed by atoms with Crippen LogP contribution in [0.4, 0.5) is 5.13 Å². The minimum atomic E-state index is -0.161. The standard InChI is InChI=1S/C21H27N3O3S/c1-2-12-23(21-22-16-9-5-6-10-17(16)28-21)18(25)11-13-24-19(26)14-7-3-4-8-15(14)20(24)27/h2,14-15H,1,3-13H2/t14-,15-/m1/s1. The monoisotopic (exact) mass is 401 g/mol. The molecule has 28 heavy (non-hydrogen) atoms. The summed E-state index contributed by atoms with van der Waals surface area (Å²) in [6.45, 7) is 4.32. The van der Waals surface area contributed by atoms with Crippen LogP contribution in [0.15, 0.2) is 12.7 Å². The predicted octanol–water partition coefficient (Wildman–Crippen LogP) is 3.11. The topological polar surface area (TPSA) is 70.6 Å². The highest BCUT2D eigenvalue weighted by Crippen LogP contribution is 2.38. The van der Waals surface area contributed by atoms with Crippen molar-refractivity contribution in [1.82, 2.24) is 9.88 Å². The molecule has 0 N–H and O–H groups in total. The zero-order valence-corrected chi connectivity index (χ0v) is 17.0. The molecule has 3 aliphatic rings. The molecule has 3 amide bonds. The van der Waals surface area contributed by atoms with Gasteiger partial charge < -0.3 is 0 Å². The Balaban J connectivity index is 1.43. The zero-order valence-electron chi connectivity index (χ0n) is 16.2. The smallest absolute Gasteiger partial charge is 0.233 e. The molecule has 0 spiro atoms. The maximum absolute atomic E-state index is 12.9. The van der Waals surface area contributed by atoms with Gasteiger partial charge in [0.15, 0.2) is 5.13 Å². The highest BCUT2D eigenvalue weighted by molar-refractivity contribution is 7.16. The van der Waals surface area contributed by atoms with Crippen molar-refractivity contribution in [1.29, 1.82) is 0 Å². The number of likely N-dealkylation sites (tertiary alicyclic amines) is 1. The highest BCUT2D eigenvalue weighted by atomic mass is 32.1. The maximum atomic E-state index is 12.9. The molecule has 1 aliphatic heterocycles. The van der Waals surface area contributed by atoms with Crippen molar-refractivity contribution in [3.8, 4) is 0 Å². The van der Waals surface area contributed by atoms with Crippen molar-refractivity contribution in [2.45, 2.75) is 57.8 Å². The van der Waals surface area contributed by atoms with Gasteiger partial charge in [0.05, 0.1) is 17.5 Å². The third-order valence-electron chi connectivity index (χ3n) is 6.16. The number of amides is 3. The van der Waals surface area contributed by atoms with Crippen LogP contribution in [0, 0.1) is 11.8 Å². The lowest BCUT2D eigenvalue weighted by atomic mass is 9.81. The fraction of sp³-hybridized carbons (Fsp3) is 0.619. The van der Waals surface area contributed by atoms with Gasteiger partial charge in [0.25, 0.3) is 0 Å².